The second-order valence-electron chi connectivity index (χ2n) is 4.59. The standard InChI is InChI=1S/C14H20N2O/c1-3-9-14(11-17)15-12-7-5-6-8-13(12)16(14)10-4-2/h5-8,11,15H,3-4,9-10H2,1-2H3. The van der Waals surface area contributed by atoms with Crippen LogP contribution in [0, 0.1) is 0 Å². The van der Waals surface area contributed by atoms with Gasteiger partial charge in [-0.3, -0.25) is 4.79 Å². The van der Waals surface area contributed by atoms with Crippen molar-refractivity contribution in [3.8, 4) is 0 Å². The molecule has 0 radical (unpaired) electrons. The van der Waals surface area contributed by atoms with Crippen LogP contribution in [0.15, 0.2) is 24.3 Å². The summed E-state index contributed by atoms with van der Waals surface area (Å²) in [7, 11) is 0. The molecule has 2 rings (SSSR count). The monoisotopic (exact) mass is 232 g/mol. The summed E-state index contributed by atoms with van der Waals surface area (Å²) >= 11 is 0. The molecule has 3 nitrogen and oxygen atoms in total. The Kier molecular flexibility index (Phi) is 3.36. The molecule has 3 heteroatoms. The normalized spacial score (nSPS) is 22.1. The first-order chi connectivity index (χ1) is 8.27. The van der Waals surface area contributed by atoms with Gasteiger partial charge in [0.2, 0.25) is 0 Å². The minimum atomic E-state index is -0.533. The van der Waals surface area contributed by atoms with Crippen LogP contribution in [0.1, 0.15) is 33.1 Å². The molecule has 0 saturated carbocycles. The first kappa shape index (κ1) is 12.0. The Morgan fingerprint density at radius 1 is 1.29 bits per heavy atom. The minimum Gasteiger partial charge on any atom is -0.355 e. The lowest BCUT2D eigenvalue weighted by molar-refractivity contribution is -0.111. The largest absolute Gasteiger partial charge is 0.355 e. The van der Waals surface area contributed by atoms with Crippen molar-refractivity contribution in [2.24, 2.45) is 0 Å². The van der Waals surface area contributed by atoms with Crippen molar-refractivity contribution in [3.05, 3.63) is 24.3 Å². The van der Waals surface area contributed by atoms with Gasteiger partial charge in [0.1, 0.15) is 0 Å². The zero-order valence-electron chi connectivity index (χ0n) is 10.6. The van der Waals surface area contributed by atoms with E-state index in [2.05, 4.69) is 30.1 Å². The number of benzene rings is 1. The number of hydrogen-bond donors (Lipinski definition) is 1. The number of nitrogens with zero attached hydrogens (tertiary/aromatic N) is 1. The molecular formula is C14H20N2O. The van der Waals surface area contributed by atoms with Crippen LogP contribution in [-0.4, -0.2) is 18.5 Å². The van der Waals surface area contributed by atoms with E-state index in [0.717, 1.165) is 43.5 Å². The van der Waals surface area contributed by atoms with E-state index in [0.29, 0.717) is 0 Å². The van der Waals surface area contributed by atoms with Gasteiger partial charge in [-0.15, -0.1) is 0 Å². The van der Waals surface area contributed by atoms with Crippen LogP contribution in [0.25, 0.3) is 0 Å². The van der Waals surface area contributed by atoms with E-state index in [4.69, 9.17) is 0 Å². The molecule has 92 valence electrons. The molecule has 0 spiro atoms. The van der Waals surface area contributed by atoms with Gasteiger partial charge in [0.25, 0.3) is 0 Å². The van der Waals surface area contributed by atoms with Crippen LogP contribution in [0.3, 0.4) is 0 Å². The van der Waals surface area contributed by atoms with E-state index >= 15 is 0 Å². The smallest absolute Gasteiger partial charge is 0.168 e. The fraction of sp³-hybridized carbons (Fsp3) is 0.500. The van der Waals surface area contributed by atoms with Crippen molar-refractivity contribution in [3.63, 3.8) is 0 Å². The number of fused-ring (bicyclic) bond motifs is 1. The van der Waals surface area contributed by atoms with E-state index in [1.54, 1.807) is 0 Å². The Labute approximate surface area is 103 Å². The average molecular weight is 232 g/mol. The van der Waals surface area contributed by atoms with Gasteiger partial charge in [-0.05, 0) is 25.0 Å². The molecule has 1 N–H and O–H groups in total. The molecular weight excluding hydrogens is 212 g/mol. The van der Waals surface area contributed by atoms with E-state index < -0.39 is 5.66 Å². The first-order valence-electron chi connectivity index (χ1n) is 6.38. The van der Waals surface area contributed by atoms with Crippen LogP contribution in [-0.2, 0) is 4.79 Å². The molecule has 1 aromatic rings. The summed E-state index contributed by atoms with van der Waals surface area (Å²) in [5.41, 5.74) is 1.69. The van der Waals surface area contributed by atoms with Gasteiger partial charge in [-0.25, -0.2) is 0 Å². The highest BCUT2D eigenvalue weighted by molar-refractivity contribution is 5.88. The summed E-state index contributed by atoms with van der Waals surface area (Å²) in [6.45, 7) is 5.16. The molecule has 0 aromatic heterocycles. The van der Waals surface area contributed by atoms with Crippen LogP contribution in [0.5, 0.6) is 0 Å². The lowest BCUT2D eigenvalue weighted by atomic mass is 10.0. The second-order valence-corrected chi connectivity index (χ2v) is 4.59. The molecule has 0 aliphatic carbocycles. The zero-order valence-corrected chi connectivity index (χ0v) is 10.6. The van der Waals surface area contributed by atoms with E-state index in [-0.39, 0.29) is 0 Å². The highest BCUT2D eigenvalue weighted by Crippen LogP contribution is 2.40. The molecule has 17 heavy (non-hydrogen) atoms. The third-order valence-electron chi connectivity index (χ3n) is 3.30. The summed E-state index contributed by atoms with van der Waals surface area (Å²) in [5, 5.41) is 3.39. The number of rotatable bonds is 5. The minimum absolute atomic E-state index is 0.533. The Morgan fingerprint density at radius 2 is 2.06 bits per heavy atom. The first-order valence-corrected chi connectivity index (χ1v) is 6.38. The SMILES string of the molecule is CCCN1c2ccccc2NC1(C=O)CCC. The molecule has 1 aliphatic heterocycles. The third kappa shape index (κ3) is 1.90. The van der Waals surface area contributed by atoms with Crippen molar-refractivity contribution in [1.29, 1.82) is 0 Å². The molecule has 0 bridgehead atoms. The topological polar surface area (TPSA) is 32.3 Å². The maximum absolute atomic E-state index is 11.6. The van der Waals surface area contributed by atoms with Gasteiger partial charge in [0.05, 0.1) is 11.4 Å². The predicted octanol–water partition coefficient (Wildman–Crippen LogP) is 3.02. The molecule has 1 aliphatic rings. The lowest BCUT2D eigenvalue weighted by Crippen LogP contribution is -2.52. The van der Waals surface area contributed by atoms with Crippen LogP contribution in [0.2, 0.25) is 0 Å². The van der Waals surface area contributed by atoms with Crippen molar-refractivity contribution >= 4 is 17.7 Å². The van der Waals surface area contributed by atoms with Crippen molar-refractivity contribution in [2.75, 3.05) is 16.8 Å². The molecule has 0 fully saturated rings. The van der Waals surface area contributed by atoms with Gasteiger partial charge in [0.15, 0.2) is 11.9 Å². The number of carbonyl (C=O) groups excluding carboxylic acids is 1. The maximum Gasteiger partial charge on any atom is 0.168 e. The average Bonchev–Trinajstić information content (AvgIpc) is 2.66. The van der Waals surface area contributed by atoms with E-state index in [1.165, 1.54) is 0 Å². The molecule has 1 heterocycles. The highest BCUT2D eigenvalue weighted by Gasteiger charge is 2.41. The number of anilines is 2. The Bertz CT molecular complexity index is 405. The molecule has 0 amide bonds. The number of hydrogen-bond acceptors (Lipinski definition) is 3. The highest BCUT2D eigenvalue weighted by atomic mass is 16.1. The second kappa shape index (κ2) is 4.78. The fourth-order valence-corrected chi connectivity index (χ4v) is 2.60. The summed E-state index contributed by atoms with van der Waals surface area (Å²) in [5.74, 6) is 0. The molecule has 1 unspecified atom stereocenters. The van der Waals surface area contributed by atoms with Crippen molar-refractivity contribution in [2.45, 2.75) is 38.8 Å². The fourth-order valence-electron chi connectivity index (χ4n) is 2.60. The van der Waals surface area contributed by atoms with E-state index in [9.17, 15) is 4.79 Å². The summed E-state index contributed by atoms with van der Waals surface area (Å²) in [6.07, 6.45) is 3.92. The maximum atomic E-state index is 11.6. The predicted molar refractivity (Wildman–Crippen MR) is 71.4 cm³/mol. The molecule has 1 atom stereocenters. The summed E-state index contributed by atoms with van der Waals surface area (Å²) in [6, 6.07) is 8.15. The number of para-hydroxylation sites is 2. The van der Waals surface area contributed by atoms with Crippen LogP contribution < -0.4 is 10.2 Å². The number of nitrogens with one attached hydrogen (secondary N) is 1. The van der Waals surface area contributed by atoms with E-state index in [1.807, 2.05) is 18.2 Å². The Hall–Kier alpha value is -1.51. The van der Waals surface area contributed by atoms with Gasteiger partial charge < -0.3 is 10.2 Å². The van der Waals surface area contributed by atoms with Crippen LogP contribution >= 0.6 is 0 Å². The molecule has 1 aromatic carbocycles. The van der Waals surface area contributed by atoms with Gasteiger partial charge in [-0.2, -0.15) is 0 Å². The van der Waals surface area contributed by atoms with Crippen LogP contribution in [0.4, 0.5) is 11.4 Å². The molecule has 0 saturated heterocycles. The van der Waals surface area contributed by atoms with Crippen molar-refractivity contribution < 1.29 is 4.79 Å². The van der Waals surface area contributed by atoms with Crippen molar-refractivity contribution in [1.82, 2.24) is 0 Å². The number of carbonyl (C=O) groups is 1. The summed E-state index contributed by atoms with van der Waals surface area (Å²) < 4.78 is 0. The number of aldehydes is 1. The lowest BCUT2D eigenvalue weighted by Gasteiger charge is -2.35. The quantitative estimate of drug-likeness (QED) is 0.792. The Balaban J connectivity index is 2.40. The summed E-state index contributed by atoms with van der Waals surface area (Å²) in [4.78, 5) is 13.8. The Morgan fingerprint density at radius 3 is 2.71 bits per heavy atom. The van der Waals surface area contributed by atoms with Gasteiger partial charge >= 0.3 is 0 Å². The van der Waals surface area contributed by atoms with Gasteiger partial charge in [-0.1, -0.05) is 32.4 Å². The van der Waals surface area contributed by atoms with Gasteiger partial charge in [0, 0.05) is 6.54 Å². The zero-order chi connectivity index (χ0) is 12.3. The third-order valence-corrected chi connectivity index (χ3v) is 3.30.